The molecule has 1 fully saturated rings. The van der Waals surface area contributed by atoms with Crippen LogP contribution in [0.2, 0.25) is 0 Å². The Kier molecular flexibility index (Phi) is 3.73. The molecular weight excluding hydrogens is 184 g/mol. The quantitative estimate of drug-likeness (QED) is 0.814. The summed E-state index contributed by atoms with van der Waals surface area (Å²) >= 11 is 0. The van der Waals surface area contributed by atoms with Gasteiger partial charge in [0.2, 0.25) is 0 Å². The van der Waals surface area contributed by atoms with Crippen LogP contribution in [0, 0.1) is 5.92 Å². The highest BCUT2D eigenvalue weighted by Gasteiger charge is 2.23. The molecule has 82 valence electrons. The second-order valence-electron chi connectivity index (χ2n) is 4.50. The lowest BCUT2D eigenvalue weighted by atomic mass is 9.93. The third-order valence-corrected chi connectivity index (χ3v) is 3.54. The van der Waals surface area contributed by atoms with Crippen LogP contribution in [-0.2, 0) is 6.42 Å². The summed E-state index contributed by atoms with van der Waals surface area (Å²) in [5, 5.41) is 3.47. The van der Waals surface area contributed by atoms with Crippen molar-refractivity contribution >= 4 is 0 Å². The zero-order chi connectivity index (χ0) is 10.5. The van der Waals surface area contributed by atoms with Crippen molar-refractivity contribution < 1.29 is 0 Å². The minimum atomic E-state index is 0.648. The van der Waals surface area contributed by atoms with E-state index >= 15 is 0 Å². The van der Waals surface area contributed by atoms with Gasteiger partial charge in [0.05, 0.1) is 0 Å². The van der Waals surface area contributed by atoms with E-state index in [4.69, 9.17) is 0 Å². The van der Waals surface area contributed by atoms with Crippen molar-refractivity contribution in [2.24, 2.45) is 5.92 Å². The van der Waals surface area contributed by atoms with Crippen molar-refractivity contribution in [3.05, 3.63) is 30.1 Å². The van der Waals surface area contributed by atoms with Gasteiger partial charge in [-0.15, -0.1) is 0 Å². The lowest BCUT2D eigenvalue weighted by Gasteiger charge is -2.22. The van der Waals surface area contributed by atoms with Gasteiger partial charge in [0.25, 0.3) is 0 Å². The van der Waals surface area contributed by atoms with E-state index in [0.717, 1.165) is 12.3 Å². The molecule has 0 radical (unpaired) electrons. The van der Waals surface area contributed by atoms with E-state index in [1.54, 1.807) is 0 Å². The molecule has 0 saturated heterocycles. The van der Waals surface area contributed by atoms with Gasteiger partial charge >= 0.3 is 0 Å². The molecular formula is C13H20N2. The Morgan fingerprint density at radius 2 is 2.00 bits per heavy atom. The fraction of sp³-hybridized carbons (Fsp3) is 0.615. The molecule has 1 atom stereocenters. The molecule has 2 heteroatoms. The first-order chi connectivity index (χ1) is 7.40. The first-order valence-corrected chi connectivity index (χ1v) is 5.96. The molecule has 1 aliphatic rings. The molecule has 1 N–H and O–H groups in total. The zero-order valence-electron chi connectivity index (χ0n) is 9.45. The molecule has 0 amide bonds. The van der Waals surface area contributed by atoms with E-state index in [1.165, 1.54) is 31.2 Å². The lowest BCUT2D eigenvalue weighted by Crippen LogP contribution is -2.34. The van der Waals surface area contributed by atoms with Crippen LogP contribution in [0.25, 0.3) is 0 Å². The molecule has 1 aromatic heterocycles. The predicted molar refractivity (Wildman–Crippen MR) is 62.7 cm³/mol. The molecule has 1 heterocycles. The third kappa shape index (κ3) is 2.78. The summed E-state index contributed by atoms with van der Waals surface area (Å²) in [5.74, 6) is 0.878. The van der Waals surface area contributed by atoms with E-state index in [2.05, 4.69) is 29.5 Å². The lowest BCUT2D eigenvalue weighted by molar-refractivity contribution is 0.377. The second-order valence-corrected chi connectivity index (χ2v) is 4.50. The summed E-state index contributed by atoms with van der Waals surface area (Å²) in [6.07, 6.45) is 10.5. The van der Waals surface area contributed by atoms with Crippen molar-refractivity contribution in [3.8, 4) is 0 Å². The average Bonchev–Trinajstić information content (AvgIpc) is 2.81. The first kappa shape index (κ1) is 10.6. The van der Waals surface area contributed by atoms with Crippen molar-refractivity contribution in [1.82, 2.24) is 10.3 Å². The number of nitrogens with one attached hydrogen (secondary N) is 1. The maximum Gasteiger partial charge on any atom is 0.0270 e. The van der Waals surface area contributed by atoms with E-state index in [-0.39, 0.29) is 0 Å². The summed E-state index contributed by atoms with van der Waals surface area (Å²) in [5.41, 5.74) is 1.40. The SMILES string of the molecule is CNC(Cc1ccncc1)C1CCCC1. The Bertz CT molecular complexity index is 278. The summed E-state index contributed by atoms with van der Waals surface area (Å²) in [6, 6.07) is 4.90. The second kappa shape index (κ2) is 5.26. The highest BCUT2D eigenvalue weighted by Crippen LogP contribution is 2.28. The van der Waals surface area contributed by atoms with Gasteiger partial charge in [-0.05, 0) is 49.9 Å². The predicted octanol–water partition coefficient (Wildman–Crippen LogP) is 2.40. The monoisotopic (exact) mass is 204 g/mol. The molecule has 1 saturated carbocycles. The smallest absolute Gasteiger partial charge is 0.0270 e. The first-order valence-electron chi connectivity index (χ1n) is 5.96. The van der Waals surface area contributed by atoms with Gasteiger partial charge in [0.15, 0.2) is 0 Å². The molecule has 0 aromatic carbocycles. The number of pyridine rings is 1. The third-order valence-electron chi connectivity index (χ3n) is 3.54. The Morgan fingerprint density at radius 1 is 1.33 bits per heavy atom. The fourth-order valence-electron chi connectivity index (χ4n) is 2.64. The Morgan fingerprint density at radius 3 is 2.60 bits per heavy atom. The van der Waals surface area contributed by atoms with Crippen LogP contribution in [0.1, 0.15) is 31.2 Å². The normalized spacial score (nSPS) is 19.3. The van der Waals surface area contributed by atoms with Crippen LogP contribution in [-0.4, -0.2) is 18.1 Å². The Hall–Kier alpha value is -0.890. The zero-order valence-corrected chi connectivity index (χ0v) is 9.45. The van der Waals surface area contributed by atoms with Crippen LogP contribution in [0.4, 0.5) is 0 Å². The number of likely N-dealkylation sites (N-methyl/N-ethyl adjacent to an activating group) is 1. The number of rotatable bonds is 4. The van der Waals surface area contributed by atoms with Crippen LogP contribution in [0.3, 0.4) is 0 Å². The van der Waals surface area contributed by atoms with E-state index in [0.29, 0.717) is 6.04 Å². The average molecular weight is 204 g/mol. The molecule has 0 aliphatic heterocycles. The van der Waals surface area contributed by atoms with Crippen LogP contribution in [0.5, 0.6) is 0 Å². The highest BCUT2D eigenvalue weighted by atomic mass is 14.9. The van der Waals surface area contributed by atoms with Gasteiger partial charge in [0, 0.05) is 18.4 Å². The number of nitrogens with zero attached hydrogens (tertiary/aromatic N) is 1. The number of aromatic nitrogens is 1. The summed E-state index contributed by atoms with van der Waals surface area (Å²) in [7, 11) is 2.09. The largest absolute Gasteiger partial charge is 0.316 e. The molecule has 2 rings (SSSR count). The van der Waals surface area contributed by atoms with Gasteiger partial charge in [-0.25, -0.2) is 0 Å². The van der Waals surface area contributed by atoms with Crippen LogP contribution < -0.4 is 5.32 Å². The fourth-order valence-corrected chi connectivity index (χ4v) is 2.64. The van der Waals surface area contributed by atoms with Crippen LogP contribution >= 0.6 is 0 Å². The molecule has 2 nitrogen and oxygen atoms in total. The van der Waals surface area contributed by atoms with Crippen LogP contribution in [0.15, 0.2) is 24.5 Å². The molecule has 0 spiro atoms. The van der Waals surface area contributed by atoms with Gasteiger partial charge in [0.1, 0.15) is 0 Å². The van der Waals surface area contributed by atoms with E-state index in [1.807, 2.05) is 12.4 Å². The van der Waals surface area contributed by atoms with Gasteiger partial charge in [-0.1, -0.05) is 12.8 Å². The van der Waals surface area contributed by atoms with Crippen molar-refractivity contribution in [3.63, 3.8) is 0 Å². The Balaban J connectivity index is 1.96. The maximum atomic E-state index is 4.06. The Labute approximate surface area is 92.1 Å². The number of hydrogen-bond acceptors (Lipinski definition) is 2. The van der Waals surface area contributed by atoms with Crippen molar-refractivity contribution in [1.29, 1.82) is 0 Å². The standard InChI is InChI=1S/C13H20N2/c1-14-13(12-4-2-3-5-12)10-11-6-8-15-9-7-11/h6-9,12-14H,2-5,10H2,1H3. The number of hydrogen-bond donors (Lipinski definition) is 1. The minimum Gasteiger partial charge on any atom is -0.316 e. The molecule has 0 bridgehead atoms. The molecule has 1 unspecified atom stereocenters. The van der Waals surface area contributed by atoms with Crippen molar-refractivity contribution in [2.45, 2.75) is 38.1 Å². The van der Waals surface area contributed by atoms with Gasteiger partial charge in [-0.3, -0.25) is 4.98 Å². The minimum absolute atomic E-state index is 0.648. The summed E-state index contributed by atoms with van der Waals surface area (Å²) in [4.78, 5) is 4.06. The summed E-state index contributed by atoms with van der Waals surface area (Å²) < 4.78 is 0. The van der Waals surface area contributed by atoms with Crippen molar-refractivity contribution in [2.75, 3.05) is 7.05 Å². The van der Waals surface area contributed by atoms with Gasteiger partial charge < -0.3 is 5.32 Å². The van der Waals surface area contributed by atoms with E-state index < -0.39 is 0 Å². The maximum absolute atomic E-state index is 4.06. The van der Waals surface area contributed by atoms with E-state index in [9.17, 15) is 0 Å². The summed E-state index contributed by atoms with van der Waals surface area (Å²) in [6.45, 7) is 0. The van der Waals surface area contributed by atoms with Gasteiger partial charge in [-0.2, -0.15) is 0 Å². The highest BCUT2D eigenvalue weighted by molar-refractivity contribution is 5.11. The topological polar surface area (TPSA) is 24.9 Å². The molecule has 15 heavy (non-hydrogen) atoms. The molecule has 1 aliphatic carbocycles. The molecule has 1 aromatic rings.